The molecule has 2 heterocycles. The van der Waals surface area contributed by atoms with Crippen LogP contribution in [0.4, 0.5) is 5.69 Å². The minimum Gasteiger partial charge on any atom is -0.495 e. The Morgan fingerprint density at radius 1 is 1.24 bits per heavy atom. The lowest BCUT2D eigenvalue weighted by atomic mass is 10.2. The van der Waals surface area contributed by atoms with Crippen LogP contribution < -0.4 is 15.4 Å². The molecule has 9 heteroatoms. The summed E-state index contributed by atoms with van der Waals surface area (Å²) >= 11 is 1.63. The normalized spacial score (nSPS) is 16.3. The first-order valence-corrected chi connectivity index (χ1v) is 12.0. The Labute approximate surface area is 176 Å². The first kappa shape index (κ1) is 21.8. The third-order valence-electron chi connectivity index (χ3n) is 4.92. The number of carbonyl (C=O) groups excluding carboxylic acids is 1. The zero-order valence-corrected chi connectivity index (χ0v) is 18.3. The van der Waals surface area contributed by atoms with Gasteiger partial charge in [-0.2, -0.15) is 4.31 Å². The van der Waals surface area contributed by atoms with Gasteiger partial charge in [0.2, 0.25) is 15.9 Å². The second kappa shape index (κ2) is 9.71. The number of anilines is 1. The number of nitrogens with one attached hydrogen (secondary N) is 2. The fraction of sp³-hybridized carbons (Fsp3) is 0.450. The van der Waals surface area contributed by atoms with Crippen molar-refractivity contribution in [2.45, 2.75) is 37.1 Å². The Morgan fingerprint density at radius 2 is 2.00 bits per heavy atom. The zero-order chi connectivity index (χ0) is 20.9. The summed E-state index contributed by atoms with van der Waals surface area (Å²) < 4.78 is 32.9. The predicted molar refractivity (Wildman–Crippen MR) is 115 cm³/mol. The fourth-order valence-electron chi connectivity index (χ4n) is 3.29. The number of benzene rings is 1. The second-order valence-corrected chi connectivity index (χ2v) is 9.88. The van der Waals surface area contributed by atoms with E-state index in [1.54, 1.807) is 23.5 Å². The Bertz CT molecular complexity index is 923. The summed E-state index contributed by atoms with van der Waals surface area (Å²) in [5, 5.41) is 7.94. The first-order valence-electron chi connectivity index (χ1n) is 9.66. The van der Waals surface area contributed by atoms with Gasteiger partial charge in [0.25, 0.3) is 0 Å². The molecule has 0 radical (unpaired) electrons. The van der Waals surface area contributed by atoms with Crippen LogP contribution in [0.1, 0.15) is 37.1 Å². The average molecular weight is 438 g/mol. The van der Waals surface area contributed by atoms with E-state index < -0.39 is 10.0 Å². The van der Waals surface area contributed by atoms with Crippen molar-refractivity contribution in [1.29, 1.82) is 0 Å². The van der Waals surface area contributed by atoms with E-state index in [2.05, 4.69) is 10.6 Å². The maximum atomic E-state index is 13.1. The van der Waals surface area contributed by atoms with Crippen LogP contribution in [0.25, 0.3) is 0 Å². The molecule has 1 aliphatic heterocycles. The molecule has 0 aliphatic carbocycles. The van der Waals surface area contributed by atoms with E-state index in [1.165, 1.54) is 17.5 Å². The van der Waals surface area contributed by atoms with Gasteiger partial charge in [-0.05, 0) is 49.4 Å². The first-order chi connectivity index (χ1) is 13.9. The van der Waals surface area contributed by atoms with Gasteiger partial charge in [-0.3, -0.25) is 4.79 Å². The quantitative estimate of drug-likeness (QED) is 0.662. The van der Waals surface area contributed by atoms with Crippen molar-refractivity contribution in [3.63, 3.8) is 0 Å². The van der Waals surface area contributed by atoms with Crippen LogP contribution in [0.5, 0.6) is 5.75 Å². The highest BCUT2D eigenvalue weighted by Crippen LogP contribution is 2.31. The molecule has 1 fully saturated rings. The Morgan fingerprint density at radius 3 is 2.66 bits per heavy atom. The molecular weight excluding hydrogens is 410 g/mol. The van der Waals surface area contributed by atoms with Crippen LogP contribution in [0.3, 0.4) is 0 Å². The van der Waals surface area contributed by atoms with Crippen molar-refractivity contribution in [2.24, 2.45) is 0 Å². The smallest absolute Gasteiger partial charge is 0.246 e. The summed E-state index contributed by atoms with van der Waals surface area (Å²) in [6.45, 7) is 3.13. The average Bonchev–Trinajstić information content (AvgIpc) is 3.27. The van der Waals surface area contributed by atoms with Crippen LogP contribution in [0.15, 0.2) is 40.6 Å². The number of amides is 1. The number of hydrogen-bond acceptors (Lipinski definition) is 6. The van der Waals surface area contributed by atoms with E-state index >= 15 is 0 Å². The van der Waals surface area contributed by atoms with Crippen LogP contribution in [-0.4, -0.2) is 45.4 Å². The van der Waals surface area contributed by atoms with E-state index in [1.807, 2.05) is 24.4 Å². The van der Waals surface area contributed by atoms with Crippen molar-refractivity contribution in [3.05, 3.63) is 40.6 Å². The zero-order valence-electron chi connectivity index (χ0n) is 16.7. The van der Waals surface area contributed by atoms with Gasteiger partial charge < -0.3 is 15.4 Å². The minimum atomic E-state index is -3.68. The van der Waals surface area contributed by atoms with Gasteiger partial charge in [0.15, 0.2) is 0 Å². The Balaban J connectivity index is 1.70. The Hall–Kier alpha value is -1.94. The van der Waals surface area contributed by atoms with Crippen molar-refractivity contribution in [1.82, 2.24) is 9.62 Å². The molecule has 29 heavy (non-hydrogen) atoms. The summed E-state index contributed by atoms with van der Waals surface area (Å²) in [7, 11) is -2.23. The second-order valence-electron chi connectivity index (χ2n) is 7.00. The number of nitrogens with zero attached hydrogens (tertiary/aromatic N) is 1. The topological polar surface area (TPSA) is 87.7 Å². The molecule has 1 saturated heterocycles. The van der Waals surface area contributed by atoms with Gasteiger partial charge in [0.1, 0.15) is 10.6 Å². The molecule has 1 aromatic heterocycles. The number of methoxy groups -OCH3 is 1. The highest BCUT2D eigenvalue weighted by molar-refractivity contribution is 7.89. The van der Waals surface area contributed by atoms with Crippen molar-refractivity contribution < 1.29 is 17.9 Å². The third kappa shape index (κ3) is 5.36. The molecule has 7 nitrogen and oxygen atoms in total. The van der Waals surface area contributed by atoms with Crippen LogP contribution in [0, 0.1) is 0 Å². The summed E-state index contributed by atoms with van der Waals surface area (Å²) in [4.78, 5) is 13.6. The van der Waals surface area contributed by atoms with Gasteiger partial charge in [-0.1, -0.05) is 12.5 Å². The molecular formula is C20H27N3O4S2. The van der Waals surface area contributed by atoms with Crippen molar-refractivity contribution in [3.8, 4) is 5.75 Å². The van der Waals surface area contributed by atoms with Gasteiger partial charge >= 0.3 is 0 Å². The monoisotopic (exact) mass is 437 g/mol. The van der Waals surface area contributed by atoms with Crippen molar-refractivity contribution in [2.75, 3.05) is 32.1 Å². The molecule has 158 valence electrons. The lowest BCUT2D eigenvalue weighted by Gasteiger charge is -2.26. The highest BCUT2D eigenvalue weighted by Gasteiger charge is 2.29. The number of ether oxygens (including phenoxy) is 1. The van der Waals surface area contributed by atoms with E-state index in [0.717, 1.165) is 24.1 Å². The lowest BCUT2D eigenvalue weighted by molar-refractivity contribution is -0.115. The number of piperidine rings is 1. The summed E-state index contributed by atoms with van der Waals surface area (Å²) in [5.41, 5.74) is 0.428. The molecule has 0 spiro atoms. The molecule has 1 aromatic carbocycles. The van der Waals surface area contributed by atoms with Crippen LogP contribution in [-0.2, 0) is 14.8 Å². The number of thiophene rings is 1. The van der Waals surface area contributed by atoms with Gasteiger partial charge in [-0.25, -0.2) is 8.42 Å². The van der Waals surface area contributed by atoms with E-state index in [4.69, 9.17) is 4.74 Å². The molecule has 0 saturated carbocycles. The largest absolute Gasteiger partial charge is 0.495 e. The SMILES string of the molecule is COc1ccc(NC(=O)CN[C@@H](C)c2cccs2)cc1S(=O)(=O)N1CCCCC1. The van der Waals surface area contributed by atoms with E-state index in [9.17, 15) is 13.2 Å². The predicted octanol–water partition coefficient (Wildman–Crippen LogP) is 3.22. The Kier molecular flexibility index (Phi) is 7.28. The third-order valence-corrected chi connectivity index (χ3v) is 7.89. The number of hydrogen-bond donors (Lipinski definition) is 2. The van der Waals surface area contributed by atoms with Crippen molar-refractivity contribution >= 4 is 33.0 Å². The van der Waals surface area contributed by atoms with Gasteiger partial charge in [0, 0.05) is 29.7 Å². The van der Waals surface area contributed by atoms with Gasteiger partial charge in [0.05, 0.1) is 13.7 Å². The molecule has 3 rings (SSSR count). The molecule has 1 aliphatic rings. The molecule has 1 amide bonds. The molecule has 2 aromatic rings. The minimum absolute atomic E-state index is 0.0617. The van der Waals surface area contributed by atoms with Gasteiger partial charge in [-0.15, -0.1) is 11.3 Å². The molecule has 0 unspecified atom stereocenters. The lowest BCUT2D eigenvalue weighted by Crippen LogP contribution is -2.35. The molecule has 0 bridgehead atoms. The van der Waals surface area contributed by atoms with Crippen LogP contribution in [0.2, 0.25) is 0 Å². The standard InChI is InChI=1S/C20H27N3O4S2/c1-15(18-7-6-12-28-18)21-14-20(24)22-16-8-9-17(27-2)19(13-16)29(25,26)23-10-4-3-5-11-23/h6-9,12-13,15,21H,3-5,10-11,14H2,1-2H3,(H,22,24)/t15-/m0/s1. The fourth-order valence-corrected chi connectivity index (χ4v) is 5.75. The summed E-state index contributed by atoms with van der Waals surface area (Å²) in [6.07, 6.45) is 2.74. The van der Waals surface area contributed by atoms with E-state index in [-0.39, 0.29) is 29.1 Å². The number of rotatable bonds is 8. The van der Waals surface area contributed by atoms with E-state index in [0.29, 0.717) is 18.8 Å². The highest BCUT2D eigenvalue weighted by atomic mass is 32.2. The molecule has 2 N–H and O–H groups in total. The molecule has 1 atom stereocenters. The number of carbonyl (C=O) groups is 1. The maximum Gasteiger partial charge on any atom is 0.246 e. The van der Waals surface area contributed by atoms with Crippen LogP contribution >= 0.6 is 11.3 Å². The summed E-state index contributed by atoms with van der Waals surface area (Å²) in [5.74, 6) is 0.0397. The summed E-state index contributed by atoms with van der Waals surface area (Å²) in [6, 6.07) is 8.75. The number of sulfonamides is 1. The maximum absolute atomic E-state index is 13.1.